The molecule has 33 heavy (non-hydrogen) atoms. The van der Waals surface area contributed by atoms with Gasteiger partial charge in [-0.15, -0.1) is 0 Å². The molecule has 0 fully saturated rings. The lowest BCUT2D eigenvalue weighted by molar-refractivity contribution is -0.137. The molecular formula is C25H25N5O3. The van der Waals surface area contributed by atoms with Gasteiger partial charge in [0.2, 0.25) is 0 Å². The van der Waals surface area contributed by atoms with Gasteiger partial charge in [0, 0.05) is 33.6 Å². The molecule has 8 bridgehead atoms. The number of hydrogen-bond acceptors (Lipinski definition) is 5. The molecule has 0 aromatic carbocycles. The summed E-state index contributed by atoms with van der Waals surface area (Å²) in [5.74, 6) is -1.31. The van der Waals surface area contributed by atoms with Crippen molar-refractivity contribution in [2.45, 2.75) is 38.1 Å². The van der Waals surface area contributed by atoms with Crippen LogP contribution in [0.25, 0.3) is 22.1 Å². The summed E-state index contributed by atoms with van der Waals surface area (Å²) in [6.45, 7) is 0. The van der Waals surface area contributed by atoms with Crippen LogP contribution < -0.4 is 5.32 Å². The van der Waals surface area contributed by atoms with Crippen molar-refractivity contribution in [3.8, 4) is 0 Å². The van der Waals surface area contributed by atoms with Crippen LogP contribution in [-0.2, 0) is 30.5 Å². The molecule has 0 unspecified atom stereocenters. The van der Waals surface area contributed by atoms with E-state index in [2.05, 4.69) is 21.4 Å². The Labute approximate surface area is 190 Å². The zero-order chi connectivity index (χ0) is 22.9. The normalized spacial score (nSPS) is 14.2. The summed E-state index contributed by atoms with van der Waals surface area (Å²) in [5, 5.41) is 12.1. The third-order valence-corrected chi connectivity index (χ3v) is 6.08. The summed E-state index contributed by atoms with van der Waals surface area (Å²) in [5.41, 5.74) is 7.40. The van der Waals surface area contributed by atoms with Crippen molar-refractivity contribution in [2.75, 3.05) is 7.05 Å². The third-order valence-electron chi connectivity index (χ3n) is 6.08. The molecule has 5 heterocycles. The number of fused-ring (bicyclic) bond motifs is 8. The van der Waals surface area contributed by atoms with Crippen molar-refractivity contribution < 1.29 is 14.7 Å². The van der Waals surface area contributed by atoms with Crippen LogP contribution in [0.1, 0.15) is 39.6 Å². The molecule has 8 heteroatoms. The maximum absolute atomic E-state index is 13.5. The first-order valence-electron chi connectivity index (χ1n) is 11.1. The molecule has 0 saturated heterocycles. The predicted octanol–water partition coefficient (Wildman–Crippen LogP) is 3.13. The largest absolute Gasteiger partial charge is 0.481 e. The number of carboxylic acids is 1. The summed E-state index contributed by atoms with van der Waals surface area (Å²) in [7, 11) is 1.60. The fraction of sp³-hybridized carbons (Fsp3) is 0.280. The number of likely N-dealkylation sites (N-methyl/N-ethyl adjacent to an activating group) is 1. The lowest BCUT2D eigenvalue weighted by Gasteiger charge is -2.13. The number of aromatic amines is 2. The van der Waals surface area contributed by atoms with Crippen molar-refractivity contribution in [3.05, 3.63) is 70.8 Å². The van der Waals surface area contributed by atoms with E-state index in [1.54, 1.807) is 7.05 Å². The van der Waals surface area contributed by atoms with Crippen LogP contribution in [0.3, 0.4) is 0 Å². The van der Waals surface area contributed by atoms with E-state index in [1.165, 1.54) is 0 Å². The SMILES string of the molecule is CN[C@@H](CC(=O)O)C(=O)c1c2nc(cc3ccc(cc4nc(cc5ccc1[nH]5)CC4)[nH]3)CC2. The highest BCUT2D eigenvalue weighted by Gasteiger charge is 2.26. The second-order valence-corrected chi connectivity index (χ2v) is 8.45. The van der Waals surface area contributed by atoms with Gasteiger partial charge in [-0.1, -0.05) is 0 Å². The minimum Gasteiger partial charge on any atom is -0.481 e. The number of nitrogens with zero attached hydrogens (tertiary/aromatic N) is 2. The molecule has 0 amide bonds. The highest BCUT2D eigenvalue weighted by Crippen LogP contribution is 2.22. The number of carbonyl (C=O) groups excluding carboxylic acids is 1. The fourth-order valence-corrected chi connectivity index (χ4v) is 4.46. The van der Waals surface area contributed by atoms with Gasteiger partial charge in [0.1, 0.15) is 0 Å². The van der Waals surface area contributed by atoms with Gasteiger partial charge in [0.15, 0.2) is 5.78 Å². The number of ketones is 1. The Morgan fingerprint density at radius 3 is 2.12 bits per heavy atom. The number of aliphatic carboxylic acids is 1. The smallest absolute Gasteiger partial charge is 0.305 e. The Morgan fingerprint density at radius 1 is 0.909 bits per heavy atom. The molecule has 0 radical (unpaired) electrons. The first-order chi connectivity index (χ1) is 16.0. The number of carbonyl (C=O) groups is 2. The minimum absolute atomic E-state index is 0.278. The maximum Gasteiger partial charge on any atom is 0.305 e. The zero-order valence-corrected chi connectivity index (χ0v) is 18.3. The monoisotopic (exact) mass is 443 g/mol. The van der Waals surface area contributed by atoms with Gasteiger partial charge >= 0.3 is 5.97 Å². The molecule has 3 aromatic rings. The van der Waals surface area contributed by atoms with E-state index in [4.69, 9.17) is 9.97 Å². The molecular weight excluding hydrogens is 418 g/mol. The predicted molar refractivity (Wildman–Crippen MR) is 125 cm³/mol. The Balaban J connectivity index is 1.78. The average Bonchev–Trinajstić information content (AvgIpc) is 3.57. The third kappa shape index (κ3) is 4.42. The number of hydrogen-bond donors (Lipinski definition) is 4. The summed E-state index contributed by atoms with van der Waals surface area (Å²) in [4.78, 5) is 41.1. The van der Waals surface area contributed by atoms with E-state index in [1.807, 2.05) is 36.4 Å². The molecule has 0 aliphatic carbocycles. The highest BCUT2D eigenvalue weighted by atomic mass is 16.4. The number of carboxylic acid groups (broad SMARTS) is 1. The van der Waals surface area contributed by atoms with Crippen molar-refractivity contribution in [2.24, 2.45) is 0 Å². The second-order valence-electron chi connectivity index (χ2n) is 8.45. The number of aryl methyl sites for hydroxylation is 4. The van der Waals surface area contributed by atoms with Crippen LogP contribution in [0.5, 0.6) is 0 Å². The summed E-state index contributed by atoms with van der Waals surface area (Å²) in [6, 6.07) is 13.0. The van der Waals surface area contributed by atoms with Crippen molar-refractivity contribution >= 4 is 33.8 Å². The lowest BCUT2D eigenvalue weighted by Crippen LogP contribution is -2.36. The van der Waals surface area contributed by atoms with Gasteiger partial charge in [0.05, 0.1) is 29.2 Å². The van der Waals surface area contributed by atoms with E-state index in [0.717, 1.165) is 46.5 Å². The summed E-state index contributed by atoms with van der Waals surface area (Å²) < 4.78 is 0. The van der Waals surface area contributed by atoms with Crippen molar-refractivity contribution in [1.29, 1.82) is 0 Å². The van der Waals surface area contributed by atoms with Gasteiger partial charge in [-0.25, -0.2) is 0 Å². The molecule has 5 rings (SSSR count). The van der Waals surface area contributed by atoms with Crippen molar-refractivity contribution in [3.63, 3.8) is 0 Å². The van der Waals surface area contributed by atoms with Gasteiger partial charge in [-0.05, 0) is 75.2 Å². The van der Waals surface area contributed by atoms with Gasteiger partial charge in [-0.3, -0.25) is 19.6 Å². The molecule has 1 atom stereocenters. The van der Waals surface area contributed by atoms with E-state index in [9.17, 15) is 14.7 Å². The highest BCUT2D eigenvalue weighted by molar-refractivity contribution is 6.07. The molecule has 0 saturated carbocycles. The Hall–Kier alpha value is -3.78. The van der Waals surface area contributed by atoms with Gasteiger partial charge in [0.25, 0.3) is 0 Å². The van der Waals surface area contributed by atoms with E-state index in [-0.39, 0.29) is 12.2 Å². The van der Waals surface area contributed by atoms with E-state index >= 15 is 0 Å². The van der Waals surface area contributed by atoms with Crippen LogP contribution in [-0.4, -0.2) is 49.9 Å². The Morgan fingerprint density at radius 2 is 1.48 bits per heavy atom. The zero-order valence-electron chi connectivity index (χ0n) is 18.3. The number of nitrogens with one attached hydrogen (secondary N) is 3. The van der Waals surface area contributed by atoms with Crippen LogP contribution >= 0.6 is 0 Å². The Bertz CT molecular complexity index is 1400. The molecule has 4 N–H and O–H groups in total. The molecule has 3 aromatic heterocycles. The number of aromatic nitrogens is 4. The topological polar surface area (TPSA) is 124 Å². The van der Waals surface area contributed by atoms with Crippen molar-refractivity contribution in [1.82, 2.24) is 25.3 Å². The first kappa shape index (κ1) is 21.1. The molecule has 168 valence electrons. The fourth-order valence-electron chi connectivity index (χ4n) is 4.46. The van der Waals surface area contributed by atoms with Gasteiger partial charge in [-0.2, -0.15) is 0 Å². The van der Waals surface area contributed by atoms with Crippen LogP contribution in [0.15, 0.2) is 42.5 Å². The summed E-state index contributed by atoms with van der Waals surface area (Å²) >= 11 is 0. The number of rotatable bonds is 5. The minimum atomic E-state index is -1.03. The second kappa shape index (κ2) is 8.63. The van der Waals surface area contributed by atoms with Gasteiger partial charge < -0.3 is 20.4 Å². The quantitative estimate of drug-likeness (QED) is 0.449. The van der Waals surface area contributed by atoms with E-state index < -0.39 is 12.0 Å². The summed E-state index contributed by atoms with van der Waals surface area (Å²) in [6.07, 6.45) is 2.74. The standard InChI is InChI=1S/C25H25N5O3/c1-26-22(13-23(31)32)25(33)24-20-8-6-18(29-20)11-16-4-2-14(27-16)10-15-3-5-17(28-15)12-19-7-9-21(24)30-19/h2,4,7,9-12,22,26-27,30H,3,5-6,8,13H2,1H3,(H,31,32)/t22-/m0/s1. The lowest BCUT2D eigenvalue weighted by atomic mass is 9.99. The maximum atomic E-state index is 13.5. The number of H-pyrrole nitrogens is 2. The van der Waals surface area contributed by atoms with Crippen LogP contribution in [0.4, 0.5) is 0 Å². The van der Waals surface area contributed by atoms with E-state index in [0.29, 0.717) is 29.6 Å². The average molecular weight is 444 g/mol. The molecule has 2 aliphatic rings. The van der Waals surface area contributed by atoms with Crippen LogP contribution in [0.2, 0.25) is 0 Å². The number of Topliss-reactive ketones (excluding diaryl/α,β-unsaturated/α-hetero) is 1. The first-order valence-corrected chi connectivity index (χ1v) is 11.1. The molecule has 8 nitrogen and oxygen atoms in total. The Kier molecular flexibility index (Phi) is 5.51. The van der Waals surface area contributed by atoms with Crippen LogP contribution in [0, 0.1) is 0 Å². The molecule has 2 aliphatic heterocycles. The molecule has 0 spiro atoms.